The number of hydrogen-bond donors (Lipinski definition) is 2. The summed E-state index contributed by atoms with van der Waals surface area (Å²) in [6.07, 6.45) is 0.946. The predicted octanol–water partition coefficient (Wildman–Crippen LogP) is 3.81. The Morgan fingerprint density at radius 3 is 2.80 bits per heavy atom. The first kappa shape index (κ1) is 15.4. The molecule has 0 aliphatic rings. The van der Waals surface area contributed by atoms with Crippen molar-refractivity contribution >= 4 is 50.3 Å². The quantitative estimate of drug-likeness (QED) is 0.786. The molecule has 0 amide bonds. The number of thiophene rings is 1. The lowest BCUT2D eigenvalue weighted by atomic mass is 10.1. The first-order valence-electron chi connectivity index (χ1n) is 6.23. The van der Waals surface area contributed by atoms with Gasteiger partial charge in [-0.25, -0.2) is 4.98 Å². The Kier molecular flexibility index (Phi) is 5.12. The summed E-state index contributed by atoms with van der Waals surface area (Å²) >= 11 is 10.3. The van der Waals surface area contributed by atoms with E-state index in [1.54, 1.807) is 11.3 Å². The van der Waals surface area contributed by atoms with Gasteiger partial charge in [0, 0.05) is 17.1 Å². The maximum absolute atomic E-state index is 5.80. The van der Waals surface area contributed by atoms with E-state index in [1.807, 2.05) is 19.9 Å². The van der Waals surface area contributed by atoms with Gasteiger partial charge in [-0.2, -0.15) is 0 Å². The molecule has 20 heavy (non-hydrogen) atoms. The van der Waals surface area contributed by atoms with E-state index < -0.39 is 0 Å². The van der Waals surface area contributed by atoms with Crippen molar-refractivity contribution in [3.63, 3.8) is 0 Å². The highest BCUT2D eigenvalue weighted by atomic mass is 79.9. The zero-order chi connectivity index (χ0) is 14.7. The molecule has 3 nitrogen and oxygen atoms in total. The van der Waals surface area contributed by atoms with E-state index >= 15 is 0 Å². The van der Waals surface area contributed by atoms with Crippen LogP contribution in [-0.4, -0.2) is 16.5 Å². The maximum Gasteiger partial charge on any atom is 0.136 e. The van der Waals surface area contributed by atoms with Crippen molar-refractivity contribution in [2.45, 2.75) is 20.3 Å². The lowest BCUT2D eigenvalue weighted by Gasteiger charge is -2.13. The van der Waals surface area contributed by atoms with Gasteiger partial charge in [0.1, 0.15) is 10.8 Å². The number of rotatable bonds is 5. The van der Waals surface area contributed by atoms with Gasteiger partial charge >= 0.3 is 0 Å². The van der Waals surface area contributed by atoms with E-state index in [-0.39, 0.29) is 0 Å². The number of nitrogens with one attached hydrogen (secondary N) is 1. The average Bonchev–Trinajstić information content (AvgIpc) is 2.73. The fourth-order valence-corrected chi connectivity index (χ4v) is 3.81. The lowest BCUT2D eigenvalue weighted by Crippen LogP contribution is -2.17. The fourth-order valence-electron chi connectivity index (χ4n) is 2.07. The monoisotopic (exact) mass is 369 g/mol. The Morgan fingerprint density at radius 1 is 1.45 bits per heavy atom. The van der Waals surface area contributed by atoms with Gasteiger partial charge in [0.05, 0.1) is 9.35 Å². The van der Waals surface area contributed by atoms with Gasteiger partial charge in [-0.05, 0) is 60.0 Å². The van der Waals surface area contributed by atoms with Crippen LogP contribution >= 0.6 is 39.5 Å². The van der Waals surface area contributed by atoms with Crippen molar-refractivity contribution in [1.82, 2.24) is 4.98 Å². The van der Waals surface area contributed by atoms with Gasteiger partial charge in [-0.3, -0.25) is 0 Å². The van der Waals surface area contributed by atoms with Crippen LogP contribution in [0.5, 0.6) is 0 Å². The molecule has 2 aromatic rings. The minimum absolute atomic E-state index is 0.386. The Hall–Kier alpha value is -0.980. The van der Waals surface area contributed by atoms with Gasteiger partial charge in [-0.15, -0.1) is 11.3 Å². The maximum atomic E-state index is 5.80. The van der Waals surface area contributed by atoms with E-state index in [0.717, 1.165) is 39.4 Å². The van der Waals surface area contributed by atoms with E-state index in [0.29, 0.717) is 4.99 Å². The number of anilines is 1. The zero-order valence-electron chi connectivity index (χ0n) is 11.4. The molecule has 3 N–H and O–H groups in total. The Bertz CT molecular complexity index is 637. The second-order valence-corrected chi connectivity index (χ2v) is 7.54. The van der Waals surface area contributed by atoms with Gasteiger partial charge in [-0.1, -0.05) is 12.2 Å². The van der Waals surface area contributed by atoms with Gasteiger partial charge < -0.3 is 11.1 Å². The van der Waals surface area contributed by atoms with Gasteiger partial charge in [0.2, 0.25) is 0 Å². The first-order chi connectivity index (χ1) is 9.47. The molecule has 0 fully saturated rings. The summed E-state index contributed by atoms with van der Waals surface area (Å²) in [6, 6.07) is 6.19. The van der Waals surface area contributed by atoms with Crippen molar-refractivity contribution in [1.29, 1.82) is 0 Å². The molecule has 0 spiro atoms. The third kappa shape index (κ3) is 3.77. The fraction of sp³-hybridized carbons (Fsp3) is 0.286. The normalized spacial score (nSPS) is 10.6. The van der Waals surface area contributed by atoms with Crippen LogP contribution in [0.15, 0.2) is 22.0 Å². The molecule has 106 valence electrons. The predicted molar refractivity (Wildman–Crippen MR) is 93.8 cm³/mol. The van der Waals surface area contributed by atoms with Crippen LogP contribution in [-0.2, 0) is 6.42 Å². The molecule has 0 bridgehead atoms. The number of aromatic nitrogens is 1. The van der Waals surface area contributed by atoms with Gasteiger partial charge in [0.25, 0.3) is 0 Å². The molecule has 2 heterocycles. The van der Waals surface area contributed by atoms with Crippen LogP contribution in [0.25, 0.3) is 0 Å². The summed E-state index contributed by atoms with van der Waals surface area (Å²) in [5, 5.41) is 3.35. The number of halogens is 1. The highest BCUT2D eigenvalue weighted by Gasteiger charge is 2.11. The Labute approximate surface area is 136 Å². The van der Waals surface area contributed by atoms with Crippen LogP contribution in [0, 0.1) is 13.8 Å². The SMILES string of the molecule is Cc1cc(C)c(C(N)=S)c(NCCc2ccc(Br)s2)n1. The number of nitrogens with two attached hydrogens (primary N) is 1. The van der Waals surface area contributed by atoms with Crippen LogP contribution in [0.3, 0.4) is 0 Å². The zero-order valence-corrected chi connectivity index (χ0v) is 14.6. The molecule has 0 saturated carbocycles. The third-order valence-corrected chi connectivity index (χ3v) is 4.77. The molecular formula is C14H16BrN3S2. The summed E-state index contributed by atoms with van der Waals surface area (Å²) in [7, 11) is 0. The van der Waals surface area contributed by atoms with E-state index in [1.165, 1.54) is 4.88 Å². The summed E-state index contributed by atoms with van der Waals surface area (Å²) in [5.74, 6) is 0.783. The molecular weight excluding hydrogens is 354 g/mol. The molecule has 0 atom stereocenters. The second-order valence-electron chi connectivity index (χ2n) is 4.55. The highest BCUT2D eigenvalue weighted by molar-refractivity contribution is 9.11. The number of hydrogen-bond acceptors (Lipinski definition) is 4. The average molecular weight is 370 g/mol. The van der Waals surface area contributed by atoms with Gasteiger partial charge in [0.15, 0.2) is 0 Å². The van der Waals surface area contributed by atoms with Crippen molar-refractivity contribution in [2.75, 3.05) is 11.9 Å². The molecule has 6 heteroatoms. The number of thiocarbonyl (C=S) groups is 1. The van der Waals surface area contributed by atoms with Crippen LogP contribution < -0.4 is 11.1 Å². The van der Waals surface area contributed by atoms with Crippen LogP contribution in [0.1, 0.15) is 21.7 Å². The number of nitrogens with zero attached hydrogens (tertiary/aromatic N) is 1. The first-order valence-corrected chi connectivity index (χ1v) is 8.25. The summed E-state index contributed by atoms with van der Waals surface area (Å²) in [5.41, 5.74) is 8.67. The van der Waals surface area contributed by atoms with E-state index in [4.69, 9.17) is 18.0 Å². The molecule has 2 rings (SSSR count). The topological polar surface area (TPSA) is 50.9 Å². The minimum Gasteiger partial charge on any atom is -0.389 e. The second kappa shape index (κ2) is 6.65. The smallest absolute Gasteiger partial charge is 0.136 e. The minimum atomic E-state index is 0.386. The molecule has 0 saturated heterocycles. The summed E-state index contributed by atoms with van der Waals surface area (Å²) in [6.45, 7) is 4.78. The summed E-state index contributed by atoms with van der Waals surface area (Å²) < 4.78 is 1.15. The molecule has 0 aliphatic heterocycles. The molecule has 0 aromatic carbocycles. The Morgan fingerprint density at radius 2 is 2.20 bits per heavy atom. The van der Waals surface area contributed by atoms with Crippen molar-refractivity contribution in [3.05, 3.63) is 43.7 Å². The van der Waals surface area contributed by atoms with Crippen molar-refractivity contribution in [3.8, 4) is 0 Å². The molecule has 2 aromatic heterocycles. The molecule has 0 unspecified atom stereocenters. The standard InChI is InChI=1S/C14H16BrN3S2/c1-8-7-9(2)18-14(12(8)13(16)19)17-6-5-10-3-4-11(15)20-10/h3-4,7H,5-6H2,1-2H3,(H2,16,19)(H,17,18). The lowest BCUT2D eigenvalue weighted by molar-refractivity contribution is 1.02. The highest BCUT2D eigenvalue weighted by Crippen LogP contribution is 2.23. The van der Waals surface area contributed by atoms with E-state index in [2.05, 4.69) is 38.4 Å². The van der Waals surface area contributed by atoms with E-state index in [9.17, 15) is 0 Å². The number of pyridine rings is 1. The van der Waals surface area contributed by atoms with Crippen molar-refractivity contribution in [2.24, 2.45) is 5.73 Å². The molecule has 0 radical (unpaired) electrons. The van der Waals surface area contributed by atoms with Crippen LogP contribution in [0.2, 0.25) is 0 Å². The Balaban J connectivity index is 2.10. The van der Waals surface area contributed by atoms with Crippen LogP contribution in [0.4, 0.5) is 5.82 Å². The third-order valence-electron chi connectivity index (χ3n) is 2.88. The summed E-state index contributed by atoms with van der Waals surface area (Å²) in [4.78, 5) is 6.22. The number of aryl methyl sites for hydroxylation is 2. The van der Waals surface area contributed by atoms with Crippen molar-refractivity contribution < 1.29 is 0 Å². The largest absolute Gasteiger partial charge is 0.389 e. The molecule has 0 aliphatic carbocycles.